The number of nitrogens with zero attached hydrogens (tertiary/aromatic N) is 6. The van der Waals surface area contributed by atoms with Crippen molar-refractivity contribution in [3.63, 3.8) is 0 Å². The molecule has 0 atom stereocenters. The van der Waals surface area contributed by atoms with Crippen molar-refractivity contribution >= 4 is 22.4 Å². The maximum atomic E-state index is 8.73. The Morgan fingerprint density at radius 1 is 1.12 bits per heavy atom. The van der Waals surface area contributed by atoms with Crippen LogP contribution in [-0.4, -0.2) is 27.8 Å². The first kappa shape index (κ1) is 16.0. The fraction of sp³-hybridized carbons (Fsp3) is 0.118. The van der Waals surface area contributed by atoms with E-state index >= 15 is 0 Å². The zero-order valence-electron chi connectivity index (χ0n) is 13.6. The molecule has 8 heteroatoms. The zero-order chi connectivity index (χ0) is 17.8. The van der Waals surface area contributed by atoms with Crippen molar-refractivity contribution < 1.29 is 4.74 Å². The molecule has 0 radical (unpaired) electrons. The molecule has 25 heavy (non-hydrogen) atoms. The molecule has 2 aromatic carbocycles. The molecule has 0 bridgehead atoms. The average Bonchev–Trinajstić information content (AvgIpc) is 3.05. The first-order chi connectivity index (χ1) is 12.1. The van der Waals surface area contributed by atoms with Crippen LogP contribution in [0.2, 0.25) is 0 Å². The molecule has 1 aromatic heterocycles. The van der Waals surface area contributed by atoms with Gasteiger partial charge in [0.25, 0.3) is 0 Å². The molecule has 1 heterocycles. The van der Waals surface area contributed by atoms with Crippen LogP contribution in [0.4, 0.5) is 5.69 Å². The van der Waals surface area contributed by atoms with Crippen LogP contribution in [0.25, 0.3) is 16.7 Å². The van der Waals surface area contributed by atoms with Crippen LogP contribution in [0.1, 0.15) is 5.56 Å². The molecule has 3 rings (SSSR count). The van der Waals surface area contributed by atoms with E-state index in [4.69, 9.17) is 15.3 Å². The molecule has 0 saturated heterocycles. The second-order valence-corrected chi connectivity index (χ2v) is 5.14. The van der Waals surface area contributed by atoms with E-state index in [9.17, 15) is 0 Å². The lowest BCUT2D eigenvalue weighted by Gasteiger charge is -2.03. The highest BCUT2D eigenvalue weighted by atomic mass is 16.5. The number of hydrogen-bond acceptors (Lipinski definition) is 7. The normalized spacial score (nSPS) is 9.92. The highest BCUT2D eigenvalue weighted by Gasteiger charge is 2.09. The molecule has 0 saturated carbocycles. The molecule has 0 spiro atoms. The van der Waals surface area contributed by atoms with Crippen molar-refractivity contribution in [1.82, 2.24) is 15.0 Å². The number of anilines is 1. The van der Waals surface area contributed by atoms with Crippen molar-refractivity contribution in [2.24, 2.45) is 5.10 Å². The number of hydrazone groups is 1. The molecule has 1 N–H and O–H groups in total. The Hall–Kier alpha value is -3.91. The summed E-state index contributed by atoms with van der Waals surface area (Å²) in [5.74, 6) is 0.756. The monoisotopic (exact) mass is 331 g/mol. The molecule has 0 aliphatic rings. The summed E-state index contributed by atoms with van der Waals surface area (Å²) in [7, 11) is 1.61. The van der Waals surface area contributed by atoms with Gasteiger partial charge in [-0.05, 0) is 48.9 Å². The quantitative estimate of drug-likeness (QED) is 0.581. The summed E-state index contributed by atoms with van der Waals surface area (Å²) < 4.78 is 5.14. The lowest BCUT2D eigenvalue weighted by molar-refractivity contribution is 0.414. The van der Waals surface area contributed by atoms with Crippen molar-refractivity contribution in [2.75, 3.05) is 12.5 Å². The third-order valence-electron chi connectivity index (χ3n) is 3.53. The van der Waals surface area contributed by atoms with Crippen LogP contribution < -0.4 is 10.2 Å². The Kier molecular flexibility index (Phi) is 4.27. The molecule has 3 aromatic rings. The Morgan fingerprint density at radius 2 is 1.76 bits per heavy atom. The molecule has 0 fully saturated rings. The average molecular weight is 331 g/mol. The van der Waals surface area contributed by atoms with Crippen LogP contribution in [0.15, 0.2) is 41.5 Å². The highest BCUT2D eigenvalue weighted by molar-refractivity contribution is 6.10. The summed E-state index contributed by atoms with van der Waals surface area (Å²) >= 11 is 0. The minimum absolute atomic E-state index is 0.249. The highest BCUT2D eigenvalue weighted by Crippen LogP contribution is 2.22. The van der Waals surface area contributed by atoms with E-state index in [2.05, 4.69) is 20.7 Å². The molecule has 0 unspecified atom stereocenters. The van der Waals surface area contributed by atoms with Crippen LogP contribution in [0.5, 0.6) is 5.75 Å². The van der Waals surface area contributed by atoms with E-state index in [1.165, 1.54) is 4.80 Å². The Labute approximate surface area is 143 Å². The zero-order valence-corrected chi connectivity index (χ0v) is 13.6. The molecular formula is C17H13N7O. The summed E-state index contributed by atoms with van der Waals surface area (Å²) in [6.45, 7) is 1.88. The van der Waals surface area contributed by atoms with Gasteiger partial charge in [0.05, 0.1) is 18.5 Å². The van der Waals surface area contributed by atoms with E-state index in [0.29, 0.717) is 11.2 Å². The van der Waals surface area contributed by atoms with Gasteiger partial charge in [0, 0.05) is 0 Å². The van der Waals surface area contributed by atoms with Crippen LogP contribution in [0, 0.1) is 29.6 Å². The van der Waals surface area contributed by atoms with E-state index in [1.54, 1.807) is 25.3 Å². The number of benzene rings is 2. The second kappa shape index (κ2) is 6.69. The molecule has 0 amide bonds. The fourth-order valence-corrected chi connectivity index (χ4v) is 2.21. The first-order valence-corrected chi connectivity index (χ1v) is 7.30. The summed E-state index contributed by atoms with van der Waals surface area (Å²) in [5.41, 5.74) is 6.18. The number of methoxy groups -OCH3 is 1. The van der Waals surface area contributed by atoms with Crippen LogP contribution in [-0.2, 0) is 0 Å². The van der Waals surface area contributed by atoms with Crippen molar-refractivity contribution in [3.05, 3.63) is 42.0 Å². The topological polar surface area (TPSA) is 112 Å². The predicted octanol–water partition coefficient (Wildman–Crippen LogP) is 2.55. The van der Waals surface area contributed by atoms with Gasteiger partial charge in [0.1, 0.15) is 28.9 Å². The Balaban J connectivity index is 1.96. The van der Waals surface area contributed by atoms with Crippen molar-refractivity contribution in [3.8, 4) is 23.6 Å². The lowest BCUT2D eigenvalue weighted by atomic mass is 10.2. The van der Waals surface area contributed by atoms with Gasteiger partial charge >= 0.3 is 0 Å². The molecule has 0 aliphatic carbocycles. The van der Waals surface area contributed by atoms with Crippen molar-refractivity contribution in [1.29, 1.82) is 10.5 Å². The van der Waals surface area contributed by atoms with E-state index < -0.39 is 0 Å². The van der Waals surface area contributed by atoms with Gasteiger partial charge in [0.15, 0.2) is 0 Å². The van der Waals surface area contributed by atoms with Gasteiger partial charge in [-0.15, -0.1) is 10.2 Å². The molecule has 8 nitrogen and oxygen atoms in total. The van der Waals surface area contributed by atoms with Crippen LogP contribution in [0.3, 0.4) is 0 Å². The van der Waals surface area contributed by atoms with Gasteiger partial charge < -0.3 is 4.74 Å². The largest absolute Gasteiger partial charge is 0.497 e. The standard InChI is InChI=1S/C17H13N7O/c1-11-7-16-17(8-15(11)21-20-12(9-18)10-19)23-24(22-16)13-3-5-14(25-2)6-4-13/h3-8,21H,1-2H3. The third kappa shape index (κ3) is 3.23. The Bertz CT molecular complexity index is 1020. The van der Waals surface area contributed by atoms with Crippen LogP contribution >= 0.6 is 0 Å². The minimum atomic E-state index is -0.249. The van der Waals surface area contributed by atoms with E-state index in [0.717, 1.165) is 22.5 Å². The predicted molar refractivity (Wildman–Crippen MR) is 92.4 cm³/mol. The number of aryl methyl sites for hydroxylation is 1. The number of nitriles is 2. The number of rotatable bonds is 4. The maximum absolute atomic E-state index is 8.73. The summed E-state index contributed by atoms with van der Waals surface area (Å²) in [5, 5.41) is 30.1. The molecular weight excluding hydrogens is 318 g/mol. The smallest absolute Gasteiger partial charge is 0.237 e. The number of nitrogens with one attached hydrogen (secondary N) is 1. The molecule has 122 valence electrons. The third-order valence-corrected chi connectivity index (χ3v) is 3.53. The lowest BCUT2D eigenvalue weighted by Crippen LogP contribution is -1.98. The maximum Gasteiger partial charge on any atom is 0.237 e. The fourth-order valence-electron chi connectivity index (χ4n) is 2.21. The number of hydrogen-bond donors (Lipinski definition) is 1. The first-order valence-electron chi connectivity index (χ1n) is 7.30. The van der Waals surface area contributed by atoms with Gasteiger partial charge in [-0.25, -0.2) is 0 Å². The molecule has 0 aliphatic heterocycles. The number of ether oxygens (including phenoxy) is 1. The van der Waals surface area contributed by atoms with E-state index in [1.807, 2.05) is 37.3 Å². The number of aromatic nitrogens is 3. The summed E-state index contributed by atoms with van der Waals surface area (Å²) in [6.07, 6.45) is 0. The van der Waals surface area contributed by atoms with Crippen molar-refractivity contribution in [2.45, 2.75) is 6.92 Å². The Morgan fingerprint density at radius 3 is 2.36 bits per heavy atom. The summed E-state index contributed by atoms with van der Waals surface area (Å²) in [4.78, 5) is 1.53. The SMILES string of the molecule is COc1ccc(-n2nc3cc(C)c(NN=C(C#N)C#N)cc3n2)cc1. The van der Waals surface area contributed by atoms with Gasteiger partial charge in [-0.1, -0.05) is 0 Å². The minimum Gasteiger partial charge on any atom is -0.497 e. The van der Waals surface area contributed by atoms with Gasteiger partial charge in [-0.2, -0.15) is 20.4 Å². The van der Waals surface area contributed by atoms with E-state index in [-0.39, 0.29) is 5.71 Å². The van der Waals surface area contributed by atoms with Gasteiger partial charge in [0.2, 0.25) is 5.71 Å². The van der Waals surface area contributed by atoms with Gasteiger partial charge in [-0.3, -0.25) is 5.43 Å². The number of fused-ring (bicyclic) bond motifs is 1. The second-order valence-electron chi connectivity index (χ2n) is 5.14. The summed E-state index contributed by atoms with van der Waals surface area (Å²) in [6, 6.07) is 14.4.